The summed E-state index contributed by atoms with van der Waals surface area (Å²) in [7, 11) is -2.14. The minimum Gasteiger partial charge on any atom is -0.469 e. The van der Waals surface area contributed by atoms with Gasteiger partial charge in [0.15, 0.2) is 5.58 Å². The Bertz CT molecular complexity index is 721. The number of nitrogens with zero attached hydrogens (tertiary/aromatic N) is 1. The van der Waals surface area contributed by atoms with Gasteiger partial charge in [0.1, 0.15) is 11.3 Å². The molecule has 0 aliphatic rings. The number of fused-ring (bicyclic) bond motifs is 1. The number of hydrogen-bond acceptors (Lipinski definition) is 6. The van der Waals surface area contributed by atoms with Crippen LogP contribution in [0.5, 0.6) is 0 Å². The number of methoxy groups -OCH3 is 1. The summed E-state index contributed by atoms with van der Waals surface area (Å²) in [5.74, 6) is -0.366. The van der Waals surface area contributed by atoms with Gasteiger partial charge in [-0.2, -0.15) is 0 Å². The van der Waals surface area contributed by atoms with Gasteiger partial charge >= 0.3 is 5.97 Å². The second-order valence-corrected chi connectivity index (χ2v) is 6.92. The van der Waals surface area contributed by atoms with Crippen LogP contribution < -0.4 is 4.72 Å². The van der Waals surface area contributed by atoms with Crippen LogP contribution in [0.15, 0.2) is 28.7 Å². The van der Waals surface area contributed by atoms with E-state index in [0.717, 1.165) is 6.42 Å². The number of hydrogen-bond donors (Lipinski definition) is 1. The third kappa shape index (κ3) is 5.65. The van der Waals surface area contributed by atoms with E-state index in [1.54, 1.807) is 18.2 Å². The summed E-state index contributed by atoms with van der Waals surface area (Å²) in [4.78, 5) is 15.1. The van der Waals surface area contributed by atoms with Crippen molar-refractivity contribution >= 4 is 27.1 Å². The van der Waals surface area contributed by atoms with Gasteiger partial charge in [-0.05, 0) is 25.0 Å². The summed E-state index contributed by atoms with van der Waals surface area (Å²) in [6.07, 6.45) is 2.44. The van der Waals surface area contributed by atoms with E-state index in [0.29, 0.717) is 36.9 Å². The maximum absolute atomic E-state index is 12.0. The first-order chi connectivity index (χ1) is 11.0. The van der Waals surface area contributed by atoms with Crippen LogP contribution in [0.3, 0.4) is 0 Å². The van der Waals surface area contributed by atoms with Crippen molar-refractivity contribution in [2.24, 2.45) is 0 Å². The predicted octanol–water partition coefficient (Wildman–Crippen LogP) is 1.98. The van der Waals surface area contributed by atoms with Crippen LogP contribution in [0, 0.1) is 0 Å². The van der Waals surface area contributed by atoms with Crippen LogP contribution >= 0.6 is 0 Å². The fourth-order valence-corrected chi connectivity index (χ4v) is 3.10. The highest BCUT2D eigenvalue weighted by Gasteiger charge is 2.15. The Morgan fingerprint density at radius 2 is 2.04 bits per heavy atom. The Kier molecular flexibility index (Phi) is 6.12. The van der Waals surface area contributed by atoms with E-state index in [2.05, 4.69) is 14.4 Å². The number of para-hydroxylation sites is 2. The summed E-state index contributed by atoms with van der Waals surface area (Å²) in [5, 5.41) is 0. The van der Waals surface area contributed by atoms with Crippen molar-refractivity contribution in [3.63, 3.8) is 0 Å². The monoisotopic (exact) mass is 340 g/mol. The number of ether oxygens (including phenoxy) is 1. The molecule has 0 saturated heterocycles. The summed E-state index contributed by atoms with van der Waals surface area (Å²) in [5.41, 5.74) is 1.21. The molecule has 0 unspecified atom stereocenters. The molecule has 126 valence electrons. The number of oxazole rings is 1. The van der Waals surface area contributed by atoms with Crippen molar-refractivity contribution in [1.29, 1.82) is 0 Å². The smallest absolute Gasteiger partial charge is 0.305 e. The second-order valence-electron chi connectivity index (χ2n) is 5.12. The minimum absolute atomic E-state index is 0.171. The molecule has 0 amide bonds. The molecule has 8 heteroatoms. The maximum Gasteiger partial charge on any atom is 0.305 e. The molecule has 0 radical (unpaired) electrons. The molecule has 1 aromatic carbocycles. The summed E-state index contributed by atoms with van der Waals surface area (Å²) in [6.45, 7) is 0.323. The fourth-order valence-electron chi connectivity index (χ4n) is 2.10. The van der Waals surface area contributed by atoms with Gasteiger partial charge in [0.2, 0.25) is 15.9 Å². The van der Waals surface area contributed by atoms with Gasteiger partial charge in [-0.15, -0.1) is 0 Å². The van der Waals surface area contributed by atoms with E-state index >= 15 is 0 Å². The van der Waals surface area contributed by atoms with Gasteiger partial charge in [0.05, 0.1) is 7.11 Å². The average molecular weight is 340 g/mol. The summed E-state index contributed by atoms with van der Waals surface area (Å²) in [6, 6.07) is 7.13. The molecule has 2 aromatic rings. The SMILES string of the molecule is COC(=O)CCCCCNS(=O)(=O)Cc1nc2ccccc2o1. The first-order valence-electron chi connectivity index (χ1n) is 7.39. The Morgan fingerprint density at radius 3 is 2.78 bits per heavy atom. The molecule has 0 saturated carbocycles. The molecule has 1 heterocycles. The van der Waals surface area contributed by atoms with Crippen molar-refractivity contribution in [3.8, 4) is 0 Å². The third-order valence-electron chi connectivity index (χ3n) is 3.26. The van der Waals surface area contributed by atoms with Crippen molar-refractivity contribution in [2.75, 3.05) is 13.7 Å². The van der Waals surface area contributed by atoms with E-state index in [1.807, 2.05) is 6.07 Å². The Hall–Kier alpha value is -1.93. The first-order valence-corrected chi connectivity index (χ1v) is 9.04. The Labute approximate surface area is 135 Å². The van der Waals surface area contributed by atoms with Gasteiger partial charge in [-0.3, -0.25) is 4.79 Å². The largest absolute Gasteiger partial charge is 0.469 e. The van der Waals surface area contributed by atoms with Crippen molar-refractivity contribution in [3.05, 3.63) is 30.2 Å². The van der Waals surface area contributed by atoms with Gasteiger partial charge in [-0.25, -0.2) is 18.1 Å². The number of aromatic nitrogens is 1. The summed E-state index contributed by atoms with van der Waals surface area (Å²) >= 11 is 0. The van der Waals surface area contributed by atoms with Gasteiger partial charge in [0, 0.05) is 13.0 Å². The molecule has 1 aromatic heterocycles. The molecule has 0 atom stereocenters. The second kappa shape index (κ2) is 8.07. The highest BCUT2D eigenvalue weighted by Crippen LogP contribution is 2.16. The van der Waals surface area contributed by atoms with E-state index in [-0.39, 0.29) is 17.6 Å². The number of unbranched alkanes of at least 4 members (excludes halogenated alkanes) is 2. The molecule has 23 heavy (non-hydrogen) atoms. The number of rotatable bonds is 9. The van der Waals surface area contributed by atoms with Crippen LogP contribution in [-0.4, -0.2) is 33.0 Å². The quantitative estimate of drug-likeness (QED) is 0.553. The topological polar surface area (TPSA) is 98.5 Å². The number of sulfonamides is 1. The number of nitrogens with one attached hydrogen (secondary N) is 1. The summed E-state index contributed by atoms with van der Waals surface area (Å²) < 4.78 is 36.4. The van der Waals surface area contributed by atoms with Gasteiger partial charge in [0.25, 0.3) is 0 Å². The maximum atomic E-state index is 12.0. The van der Waals surface area contributed by atoms with Crippen molar-refractivity contribution in [1.82, 2.24) is 9.71 Å². The standard InChI is InChI=1S/C15H20N2O5S/c1-21-15(18)9-3-2-6-10-16-23(19,20)11-14-17-12-7-4-5-8-13(12)22-14/h4-5,7-8,16H,2-3,6,9-11H2,1H3. The molecule has 0 bridgehead atoms. The number of benzene rings is 1. The third-order valence-corrected chi connectivity index (χ3v) is 4.53. The Balaban J connectivity index is 1.75. The van der Waals surface area contributed by atoms with E-state index in [4.69, 9.17) is 4.42 Å². The van der Waals surface area contributed by atoms with Crippen LogP contribution in [0.4, 0.5) is 0 Å². The van der Waals surface area contributed by atoms with Crippen molar-refractivity contribution in [2.45, 2.75) is 31.4 Å². The Morgan fingerprint density at radius 1 is 1.26 bits per heavy atom. The number of carbonyl (C=O) groups is 1. The molecule has 2 rings (SSSR count). The van der Waals surface area contributed by atoms with Crippen LogP contribution in [0.1, 0.15) is 31.6 Å². The lowest BCUT2D eigenvalue weighted by Gasteiger charge is -2.04. The zero-order valence-corrected chi connectivity index (χ0v) is 13.8. The van der Waals surface area contributed by atoms with E-state index in [1.165, 1.54) is 7.11 Å². The molecule has 7 nitrogen and oxygen atoms in total. The normalized spacial score (nSPS) is 11.7. The lowest BCUT2D eigenvalue weighted by molar-refractivity contribution is -0.140. The zero-order chi connectivity index (χ0) is 16.7. The van der Waals surface area contributed by atoms with Gasteiger partial charge < -0.3 is 9.15 Å². The molecular weight excluding hydrogens is 320 g/mol. The minimum atomic E-state index is -3.49. The predicted molar refractivity (Wildman–Crippen MR) is 85.1 cm³/mol. The number of esters is 1. The van der Waals surface area contributed by atoms with E-state index < -0.39 is 10.0 Å². The fraction of sp³-hybridized carbons (Fsp3) is 0.467. The number of carbonyl (C=O) groups excluding carboxylic acids is 1. The molecular formula is C15H20N2O5S. The highest BCUT2D eigenvalue weighted by molar-refractivity contribution is 7.88. The highest BCUT2D eigenvalue weighted by atomic mass is 32.2. The molecule has 1 N–H and O–H groups in total. The van der Waals surface area contributed by atoms with Crippen LogP contribution in [-0.2, 0) is 25.3 Å². The molecule has 0 spiro atoms. The first kappa shape index (κ1) is 17.4. The van der Waals surface area contributed by atoms with Crippen LogP contribution in [0.2, 0.25) is 0 Å². The lowest BCUT2D eigenvalue weighted by atomic mass is 10.2. The average Bonchev–Trinajstić information content (AvgIpc) is 2.91. The molecule has 0 aliphatic heterocycles. The molecule has 0 fully saturated rings. The van der Waals surface area contributed by atoms with Gasteiger partial charge in [-0.1, -0.05) is 18.6 Å². The van der Waals surface area contributed by atoms with Crippen LogP contribution in [0.25, 0.3) is 11.1 Å². The zero-order valence-electron chi connectivity index (χ0n) is 12.9. The molecule has 0 aliphatic carbocycles. The van der Waals surface area contributed by atoms with E-state index in [9.17, 15) is 13.2 Å². The lowest BCUT2D eigenvalue weighted by Crippen LogP contribution is -2.26. The van der Waals surface area contributed by atoms with Crippen molar-refractivity contribution < 1.29 is 22.4 Å².